The van der Waals surface area contributed by atoms with Crippen LogP contribution in [0.5, 0.6) is 0 Å². The van der Waals surface area contributed by atoms with Crippen LogP contribution in [0.4, 0.5) is 11.4 Å². The number of hydrogen-bond acceptors (Lipinski definition) is 9. The van der Waals surface area contributed by atoms with E-state index < -0.39 is 0 Å². The van der Waals surface area contributed by atoms with Crippen molar-refractivity contribution in [3.63, 3.8) is 0 Å². The van der Waals surface area contributed by atoms with Gasteiger partial charge < -0.3 is 15.7 Å². The fraction of sp³-hybridized carbons (Fsp3) is 0.339. The second-order valence-corrected chi connectivity index (χ2v) is 28.7. The van der Waals surface area contributed by atoms with Crippen LogP contribution in [-0.2, 0) is 65.4 Å². The molecule has 13 heteroatoms. The van der Waals surface area contributed by atoms with Gasteiger partial charge in [0.05, 0.1) is 66.2 Å². The summed E-state index contributed by atoms with van der Waals surface area (Å²) < 4.78 is 0. The maximum absolute atomic E-state index is 9.14. The first kappa shape index (κ1) is 135. The van der Waals surface area contributed by atoms with E-state index in [1.807, 2.05) is 353 Å². The number of rotatable bonds is 11. The number of allylic oxidation sites excluding steroid dienone is 28. The van der Waals surface area contributed by atoms with Crippen molar-refractivity contribution in [3.05, 3.63) is 407 Å². The Morgan fingerprint density at radius 1 is 0.314 bits per heavy atom. The standard InChI is InChI=1S/C13H11N.C13H16.2C12H8N2.C12H14.2C9H16.2C8H6N2.C8H8N2.10C2H6.2Y/c1-14(12-8-4-2-5-9-12)13-10-6-3-7-11-13;1-10-3-5-12(7-10)9-13-6-4-11(2)8-13;2*1-2-6-10-9(5-1)13-11-7-3-4-8-12(11)14-10;1-9-3-5-11(7-9)12-6-4-10(2)8-12;1-5-7-9(3,4)8-6-2;1-3-5-7-9-8-6-4-2;2*1-2-4-8-7(3-1)9-5-6-10-8;1-5-3-4-6(2)8(10)7(5)9;10*1-2;;/h2-8,10H,1H3;3-6H,7-9H2,1-2H3;2*1-8H;3-6H,7-8H2,1-2H3;5-8H,1-4H3;5-8H,3-4,9H2,1-2H3;2*1-6H;3-4H,1-2H3;10*1-2H3;;/q-2;;;;;;;;;-2;;;;;;;;;;;;/b;;;;;2*7-5+,8-6+;;;;;;;;;;;;;;;. The summed E-state index contributed by atoms with van der Waals surface area (Å²) in [6.07, 6.45) is 55.0. The minimum absolute atomic E-state index is 0. The predicted octanol–water partition coefficient (Wildman–Crippen LogP) is 38.0. The molecule has 0 N–H and O–H groups in total. The van der Waals surface area contributed by atoms with Crippen LogP contribution >= 0.6 is 0 Å². The third kappa shape index (κ3) is 56.1. The van der Waals surface area contributed by atoms with E-state index in [0.29, 0.717) is 11.1 Å². The van der Waals surface area contributed by atoms with Crippen molar-refractivity contribution in [2.75, 3.05) is 11.9 Å². The molecule has 0 atom stereocenters. The van der Waals surface area contributed by atoms with Crippen LogP contribution < -0.4 is 4.90 Å². The molecule has 0 fully saturated rings. The molecule has 0 unspecified atom stereocenters. The number of hydrogen-bond donors (Lipinski definition) is 0. The number of nitrogens with zero attached hydrogens (tertiary/aromatic N) is 11. The molecule has 137 heavy (non-hydrogen) atoms. The molecule has 5 aliphatic carbocycles. The molecule has 0 amide bonds. The number of anilines is 2. The van der Waals surface area contributed by atoms with Gasteiger partial charge in [0.2, 0.25) is 0 Å². The Labute approximate surface area is 883 Å². The van der Waals surface area contributed by atoms with Crippen LogP contribution in [0.25, 0.3) is 77.0 Å². The van der Waals surface area contributed by atoms with Crippen LogP contribution in [0.3, 0.4) is 0 Å². The van der Waals surface area contributed by atoms with Crippen molar-refractivity contribution in [1.29, 1.82) is 0 Å². The fourth-order valence-corrected chi connectivity index (χ4v) is 12.3. The van der Waals surface area contributed by atoms with Gasteiger partial charge >= 0.3 is 0 Å². The fourth-order valence-electron chi connectivity index (χ4n) is 12.3. The van der Waals surface area contributed by atoms with Gasteiger partial charge in [0.1, 0.15) is 0 Å². The Balaban J connectivity index is -0.000000462. The van der Waals surface area contributed by atoms with Crippen LogP contribution in [0.1, 0.15) is 273 Å². The summed E-state index contributed by atoms with van der Waals surface area (Å²) >= 11 is 0. The Bertz CT molecular complexity index is 4960. The van der Waals surface area contributed by atoms with Crippen LogP contribution in [-0.4, -0.2) is 58.3 Å². The van der Waals surface area contributed by atoms with Gasteiger partial charge in [-0.25, -0.2) is 19.9 Å². The average molecular weight is 1990 g/mol. The molecule has 4 heterocycles. The number of benzene rings is 8. The molecular weight excluding hydrogens is 1820 g/mol. The first-order chi connectivity index (χ1) is 65.8. The Morgan fingerprint density at radius 2 is 0.547 bits per heavy atom. The van der Waals surface area contributed by atoms with Gasteiger partial charge in [-0.05, 0) is 191 Å². The molecule has 11 nitrogen and oxygen atoms in total. The quantitative estimate of drug-likeness (QED) is 0.0533. The normalized spacial score (nSPS) is 12.1. The summed E-state index contributed by atoms with van der Waals surface area (Å²) in [6, 6.07) is 69.4. The minimum atomic E-state index is -0.0139. The molecule has 0 aliphatic heterocycles. The number of para-hydroxylation sites is 14. The van der Waals surface area contributed by atoms with Crippen molar-refractivity contribution in [3.8, 4) is 0 Å². The molecular formula is C124H169N11Y2-4. The van der Waals surface area contributed by atoms with Crippen molar-refractivity contribution in [1.82, 2.24) is 39.9 Å². The molecule has 4 aromatic heterocycles. The molecule has 2 radical (unpaired) electrons. The van der Waals surface area contributed by atoms with Crippen molar-refractivity contribution in [2.45, 2.75) is 273 Å². The van der Waals surface area contributed by atoms with Crippen molar-refractivity contribution in [2.24, 2.45) is 5.41 Å². The Hall–Kier alpha value is -10.7. The van der Waals surface area contributed by atoms with E-state index in [2.05, 4.69) is 210 Å². The summed E-state index contributed by atoms with van der Waals surface area (Å²) in [6.45, 7) is 65.1. The summed E-state index contributed by atoms with van der Waals surface area (Å²) in [7, 11) is 2.01. The zero-order valence-corrected chi connectivity index (χ0v) is 96.1. The summed E-state index contributed by atoms with van der Waals surface area (Å²) in [5.74, 6) is 0. The molecule has 17 rings (SSSR count). The molecule has 0 spiro atoms. The van der Waals surface area contributed by atoms with Gasteiger partial charge in [-0.2, -0.15) is 60.0 Å². The zero-order chi connectivity index (χ0) is 102. The monoisotopic (exact) mass is 1990 g/mol. The van der Waals surface area contributed by atoms with E-state index in [0.717, 1.165) is 110 Å². The molecule has 5 aliphatic rings. The molecule has 0 saturated heterocycles. The van der Waals surface area contributed by atoms with Gasteiger partial charge in [-0.1, -0.05) is 404 Å². The third-order valence-corrected chi connectivity index (χ3v) is 18.3. The summed E-state index contributed by atoms with van der Waals surface area (Å²) in [4.78, 5) is 36.6. The van der Waals surface area contributed by atoms with Crippen LogP contribution in [0.15, 0.2) is 384 Å². The zero-order valence-electron chi connectivity index (χ0n) is 90.4. The Kier molecular flexibility index (Phi) is 86.7. The van der Waals surface area contributed by atoms with Gasteiger partial charge in [-0.15, -0.1) is 12.1 Å². The van der Waals surface area contributed by atoms with Crippen LogP contribution in [0.2, 0.25) is 0 Å². The van der Waals surface area contributed by atoms with Gasteiger partial charge in [0, 0.05) is 103 Å². The largest absolute Gasteiger partial charge is 0.805 e. The Morgan fingerprint density at radius 3 is 0.752 bits per heavy atom. The van der Waals surface area contributed by atoms with Gasteiger partial charge in [0.25, 0.3) is 0 Å². The maximum atomic E-state index is 9.14. The SMILES string of the molecule is C/C=C/C(C)(C)/C=C/C.CC.CC.CC.CC.CC.CC.CC.CC.CC.CC.CC/C=C/C/C=C/CC.CC1=CC=C(C)C(=[N-])C1=[N-].CC1=CC=C(C2=CC=C(C)C2)C1.CC1=CC=C(CC2=CC=C(C)C2)C1.CN(c1[c-]cccc1)c1[c-]cccc1.[Y].[Y].c1ccc2nc3ccccc3nc2c1.c1ccc2nc3ccccc3nc2c1.c1ccc2nccnc2c1.c1ccc2nccnc2c1. The summed E-state index contributed by atoms with van der Waals surface area (Å²) in [5.41, 5.74) is 27.2. The first-order valence-electron chi connectivity index (χ1n) is 49.5. The van der Waals surface area contributed by atoms with Crippen LogP contribution in [0, 0.1) is 17.5 Å². The second kappa shape index (κ2) is 88.1. The second-order valence-electron chi connectivity index (χ2n) is 28.7. The van der Waals surface area contributed by atoms with E-state index in [-0.39, 0.29) is 82.3 Å². The molecule has 0 saturated carbocycles. The van der Waals surface area contributed by atoms with E-state index in [1.54, 1.807) is 61.9 Å². The van der Waals surface area contributed by atoms with Gasteiger partial charge in [-0.3, -0.25) is 19.9 Å². The molecule has 8 aromatic carbocycles. The predicted molar refractivity (Wildman–Crippen MR) is 607 cm³/mol. The number of aromatic nitrogens is 8. The van der Waals surface area contributed by atoms with Crippen molar-refractivity contribution >= 4 is 89.0 Å². The molecule has 0 bridgehead atoms. The third-order valence-electron chi connectivity index (χ3n) is 18.3. The summed E-state index contributed by atoms with van der Waals surface area (Å²) in [5, 5.41) is 18.3. The van der Waals surface area contributed by atoms with E-state index in [4.69, 9.17) is 10.8 Å². The van der Waals surface area contributed by atoms with Crippen molar-refractivity contribution < 1.29 is 65.4 Å². The minimum Gasteiger partial charge on any atom is -0.805 e. The molecule has 12 aromatic rings. The topological polar surface area (TPSA) is 151 Å². The smallest absolute Gasteiger partial charge is 0.0894 e. The molecule has 730 valence electrons. The average Bonchev–Trinajstić information content (AvgIpc) is 1.81. The van der Waals surface area contributed by atoms with E-state index in [9.17, 15) is 0 Å². The number of fused-ring (bicyclic) bond motifs is 6. The maximum Gasteiger partial charge on any atom is 0.0894 e. The van der Waals surface area contributed by atoms with E-state index in [1.165, 1.54) is 52.7 Å². The van der Waals surface area contributed by atoms with Gasteiger partial charge in [0.15, 0.2) is 0 Å². The first-order valence-corrected chi connectivity index (χ1v) is 49.5. The van der Waals surface area contributed by atoms with E-state index >= 15 is 0 Å².